The van der Waals surface area contributed by atoms with Crippen LogP contribution in [-0.2, 0) is 10.0 Å². The average molecular weight is 455 g/mol. The van der Waals surface area contributed by atoms with Gasteiger partial charge in [0, 0.05) is 23.5 Å². The zero-order valence-electron chi connectivity index (χ0n) is 16.5. The molecule has 0 aliphatic carbocycles. The molecule has 0 spiro atoms. The molecule has 4 rings (SSSR count). The first-order valence-corrected chi connectivity index (χ1v) is 10.9. The fourth-order valence-corrected chi connectivity index (χ4v) is 4.12. The van der Waals surface area contributed by atoms with Crippen LogP contribution >= 0.6 is 0 Å². The molecule has 0 saturated heterocycles. The van der Waals surface area contributed by atoms with Gasteiger partial charge >= 0.3 is 0 Å². The van der Waals surface area contributed by atoms with Crippen molar-refractivity contribution >= 4 is 33.0 Å². The number of hydrogen-bond donors (Lipinski definition) is 2. The van der Waals surface area contributed by atoms with E-state index < -0.39 is 20.9 Å². The maximum absolute atomic E-state index is 12.7. The van der Waals surface area contributed by atoms with E-state index in [9.17, 15) is 23.3 Å². The minimum atomic E-state index is -3.89. The lowest BCUT2D eigenvalue weighted by atomic mass is 10.1. The van der Waals surface area contributed by atoms with Crippen LogP contribution in [0.5, 0.6) is 11.5 Å². The maximum atomic E-state index is 12.7. The average Bonchev–Trinajstić information content (AvgIpc) is 2.79. The highest BCUT2D eigenvalue weighted by molar-refractivity contribution is 7.92. The van der Waals surface area contributed by atoms with E-state index in [4.69, 9.17) is 9.47 Å². The molecule has 10 nitrogen and oxygen atoms in total. The molecule has 0 aromatic heterocycles. The van der Waals surface area contributed by atoms with Crippen LogP contribution in [-0.4, -0.2) is 32.5 Å². The lowest BCUT2D eigenvalue weighted by Gasteiger charge is -2.19. The Morgan fingerprint density at radius 1 is 0.906 bits per heavy atom. The van der Waals surface area contributed by atoms with Crippen LogP contribution in [0.4, 0.5) is 17.1 Å². The molecule has 1 heterocycles. The van der Waals surface area contributed by atoms with E-state index >= 15 is 0 Å². The first-order chi connectivity index (χ1) is 15.3. The largest absolute Gasteiger partial charge is 0.486 e. The number of nitrogens with one attached hydrogen (secondary N) is 2. The van der Waals surface area contributed by atoms with E-state index in [2.05, 4.69) is 10.0 Å². The molecule has 0 atom stereocenters. The summed E-state index contributed by atoms with van der Waals surface area (Å²) in [6, 6.07) is 15.8. The Morgan fingerprint density at radius 3 is 2.28 bits per heavy atom. The fraction of sp³-hybridized carbons (Fsp3) is 0.0952. The lowest BCUT2D eigenvalue weighted by Crippen LogP contribution is -2.17. The van der Waals surface area contributed by atoms with Gasteiger partial charge in [0.15, 0.2) is 11.5 Å². The molecular formula is C21H17N3O7S. The lowest BCUT2D eigenvalue weighted by molar-refractivity contribution is -0.385. The van der Waals surface area contributed by atoms with Gasteiger partial charge in [-0.25, -0.2) is 8.42 Å². The number of rotatable bonds is 6. The van der Waals surface area contributed by atoms with Crippen LogP contribution in [0.1, 0.15) is 10.4 Å². The summed E-state index contributed by atoms with van der Waals surface area (Å²) in [5.41, 5.74) is 0.216. The van der Waals surface area contributed by atoms with Crippen LogP contribution in [0.2, 0.25) is 0 Å². The van der Waals surface area contributed by atoms with Crippen molar-refractivity contribution in [2.24, 2.45) is 0 Å². The summed E-state index contributed by atoms with van der Waals surface area (Å²) in [4.78, 5) is 22.9. The molecule has 11 heteroatoms. The van der Waals surface area contributed by atoms with Gasteiger partial charge in [0.05, 0.1) is 9.82 Å². The van der Waals surface area contributed by atoms with Gasteiger partial charge in [-0.2, -0.15) is 0 Å². The normalized spacial score (nSPS) is 12.6. The van der Waals surface area contributed by atoms with Crippen LogP contribution in [0, 0.1) is 10.1 Å². The summed E-state index contributed by atoms with van der Waals surface area (Å²) in [7, 11) is -3.89. The van der Waals surface area contributed by atoms with Crippen molar-refractivity contribution in [1.29, 1.82) is 0 Å². The topological polar surface area (TPSA) is 137 Å². The summed E-state index contributed by atoms with van der Waals surface area (Å²) < 4.78 is 38.7. The number of ether oxygens (including phenoxy) is 2. The van der Waals surface area contributed by atoms with Gasteiger partial charge in [0.1, 0.15) is 18.8 Å². The number of nitro benzene ring substituents is 1. The zero-order chi connectivity index (χ0) is 22.7. The number of amides is 1. The highest BCUT2D eigenvalue weighted by Crippen LogP contribution is 2.32. The number of anilines is 2. The third kappa shape index (κ3) is 4.47. The maximum Gasteiger partial charge on any atom is 0.282 e. The SMILES string of the molecule is O=C(Nc1ccc(NS(=O)(=O)c2ccc3c(c2)OCCO3)cc1)c1ccccc1[N+](=O)[O-]. The highest BCUT2D eigenvalue weighted by Gasteiger charge is 2.21. The van der Waals surface area contributed by atoms with Crippen LogP contribution in [0.25, 0.3) is 0 Å². The number of para-hydroxylation sites is 1. The number of nitro groups is 1. The Hall–Kier alpha value is -4.12. The molecule has 32 heavy (non-hydrogen) atoms. The molecule has 0 unspecified atom stereocenters. The Balaban J connectivity index is 1.47. The van der Waals surface area contributed by atoms with Crippen LogP contribution in [0.15, 0.2) is 71.6 Å². The Morgan fingerprint density at radius 2 is 1.56 bits per heavy atom. The zero-order valence-corrected chi connectivity index (χ0v) is 17.3. The molecule has 3 aromatic carbocycles. The van der Waals surface area contributed by atoms with Gasteiger partial charge in [-0.05, 0) is 42.5 Å². The van der Waals surface area contributed by atoms with E-state index in [1.807, 2.05) is 0 Å². The smallest absolute Gasteiger partial charge is 0.282 e. The molecule has 1 aliphatic heterocycles. The van der Waals surface area contributed by atoms with Gasteiger partial charge in [0.25, 0.3) is 21.6 Å². The fourth-order valence-electron chi connectivity index (χ4n) is 3.05. The monoisotopic (exact) mass is 455 g/mol. The number of sulfonamides is 1. The van der Waals surface area contributed by atoms with E-state index in [-0.39, 0.29) is 21.8 Å². The standard InChI is InChI=1S/C21H17N3O7S/c25-21(17-3-1-2-4-18(17)24(26)27)22-14-5-7-15(8-6-14)23-32(28,29)16-9-10-19-20(13-16)31-12-11-30-19/h1-10,13,23H,11-12H2,(H,22,25). The van der Waals surface area contributed by atoms with Crippen molar-refractivity contribution in [1.82, 2.24) is 0 Å². The second-order valence-electron chi connectivity index (χ2n) is 6.72. The van der Waals surface area contributed by atoms with Crippen LogP contribution in [0.3, 0.4) is 0 Å². The molecule has 0 bridgehead atoms. The summed E-state index contributed by atoms with van der Waals surface area (Å²) in [5.74, 6) is 0.183. The minimum absolute atomic E-state index is 0.00974. The molecule has 1 amide bonds. The summed E-state index contributed by atoms with van der Waals surface area (Å²) in [6.45, 7) is 0.737. The number of carbonyl (C=O) groups is 1. The van der Waals surface area contributed by atoms with Crippen molar-refractivity contribution in [3.05, 3.63) is 82.4 Å². The number of benzene rings is 3. The molecule has 0 fully saturated rings. The van der Waals surface area contributed by atoms with Gasteiger partial charge in [0.2, 0.25) is 0 Å². The first-order valence-electron chi connectivity index (χ1n) is 9.41. The highest BCUT2D eigenvalue weighted by atomic mass is 32.2. The molecule has 0 radical (unpaired) electrons. The number of nitrogens with zero attached hydrogens (tertiary/aromatic N) is 1. The van der Waals surface area contributed by atoms with Crippen molar-refractivity contribution in [2.45, 2.75) is 4.90 Å². The predicted octanol–water partition coefficient (Wildman–Crippen LogP) is 3.42. The number of hydrogen-bond acceptors (Lipinski definition) is 7. The van der Waals surface area contributed by atoms with Crippen LogP contribution < -0.4 is 19.5 Å². The third-order valence-electron chi connectivity index (χ3n) is 4.56. The van der Waals surface area contributed by atoms with Crippen molar-refractivity contribution in [3.63, 3.8) is 0 Å². The molecule has 3 aromatic rings. The van der Waals surface area contributed by atoms with Gasteiger partial charge in [-0.1, -0.05) is 12.1 Å². The van der Waals surface area contributed by atoms with Crippen molar-refractivity contribution < 1.29 is 27.6 Å². The van der Waals surface area contributed by atoms with Gasteiger partial charge in [-0.3, -0.25) is 19.6 Å². The Labute approximate surface area is 183 Å². The second kappa shape index (κ2) is 8.55. The first kappa shape index (κ1) is 21.1. The summed E-state index contributed by atoms with van der Waals surface area (Å²) in [5, 5.41) is 13.7. The molecule has 2 N–H and O–H groups in total. The van der Waals surface area contributed by atoms with Gasteiger partial charge in [-0.15, -0.1) is 0 Å². The molecule has 164 valence electrons. The minimum Gasteiger partial charge on any atom is -0.486 e. The summed E-state index contributed by atoms with van der Waals surface area (Å²) >= 11 is 0. The molecule has 1 aliphatic rings. The number of fused-ring (bicyclic) bond motifs is 1. The van der Waals surface area contributed by atoms with Crippen molar-refractivity contribution in [2.75, 3.05) is 23.3 Å². The van der Waals surface area contributed by atoms with Crippen molar-refractivity contribution in [3.8, 4) is 11.5 Å². The summed E-state index contributed by atoms with van der Waals surface area (Å²) in [6.07, 6.45) is 0. The Kier molecular flexibility index (Phi) is 5.65. The van der Waals surface area contributed by atoms with E-state index in [0.717, 1.165) is 0 Å². The molecule has 0 saturated carbocycles. The van der Waals surface area contributed by atoms with E-state index in [0.29, 0.717) is 30.4 Å². The number of carbonyl (C=O) groups excluding carboxylic acids is 1. The molecular weight excluding hydrogens is 438 g/mol. The second-order valence-corrected chi connectivity index (χ2v) is 8.40. The van der Waals surface area contributed by atoms with E-state index in [1.165, 1.54) is 66.7 Å². The quantitative estimate of drug-likeness (QED) is 0.429. The van der Waals surface area contributed by atoms with Gasteiger partial charge < -0.3 is 14.8 Å². The third-order valence-corrected chi connectivity index (χ3v) is 5.94. The van der Waals surface area contributed by atoms with E-state index in [1.54, 1.807) is 0 Å². The predicted molar refractivity (Wildman–Crippen MR) is 116 cm³/mol. The Bertz CT molecular complexity index is 1290.